The van der Waals surface area contributed by atoms with Crippen LogP contribution in [-0.2, 0) is 0 Å². The highest BCUT2D eigenvalue weighted by Gasteiger charge is 2.16. The normalized spacial score (nSPS) is 14.5. The van der Waals surface area contributed by atoms with Gasteiger partial charge in [-0.15, -0.1) is 0 Å². The fourth-order valence-electron chi connectivity index (χ4n) is 2.45. The Morgan fingerprint density at radius 1 is 1.00 bits per heavy atom. The minimum atomic E-state index is 0.593. The molecule has 2 aromatic rings. The van der Waals surface area contributed by atoms with E-state index in [9.17, 15) is 0 Å². The van der Waals surface area contributed by atoms with Crippen molar-refractivity contribution in [3.63, 3.8) is 0 Å². The Bertz CT molecular complexity index is 634. The van der Waals surface area contributed by atoms with E-state index in [-0.39, 0.29) is 0 Å². The van der Waals surface area contributed by atoms with Gasteiger partial charge in [-0.05, 0) is 38.0 Å². The van der Waals surface area contributed by atoms with Crippen LogP contribution >= 0.6 is 23.2 Å². The molecule has 0 atom stereocenters. The fraction of sp³-hybridized carbons (Fsp3) is 0.333. The van der Waals surface area contributed by atoms with Gasteiger partial charge < -0.3 is 10.2 Å². The van der Waals surface area contributed by atoms with Crippen molar-refractivity contribution in [3.8, 4) is 0 Å². The molecule has 6 heteroatoms. The summed E-state index contributed by atoms with van der Waals surface area (Å²) in [6, 6.07) is 7.25. The second kappa shape index (κ2) is 6.08. The number of anilines is 3. The summed E-state index contributed by atoms with van der Waals surface area (Å²) in [5, 5.41) is 4.43. The van der Waals surface area contributed by atoms with Gasteiger partial charge in [-0.3, -0.25) is 0 Å². The van der Waals surface area contributed by atoms with Crippen molar-refractivity contribution in [2.24, 2.45) is 0 Å². The molecular formula is C15H16Cl2N4. The first-order chi connectivity index (χ1) is 10.1. The largest absolute Gasteiger partial charge is 0.341 e. The van der Waals surface area contributed by atoms with Gasteiger partial charge in [0, 0.05) is 40.6 Å². The molecule has 0 bridgehead atoms. The van der Waals surface area contributed by atoms with Gasteiger partial charge in [0.05, 0.1) is 0 Å². The van der Waals surface area contributed by atoms with Crippen LogP contribution in [-0.4, -0.2) is 23.1 Å². The summed E-state index contributed by atoms with van der Waals surface area (Å²) in [5.41, 5.74) is 1.75. The zero-order valence-electron chi connectivity index (χ0n) is 11.7. The molecule has 1 aliphatic rings. The molecule has 0 radical (unpaired) electrons. The Kier molecular flexibility index (Phi) is 4.17. The lowest BCUT2D eigenvalue weighted by Crippen LogP contribution is -2.21. The number of aromatic nitrogens is 2. The molecule has 2 heterocycles. The Balaban J connectivity index is 1.87. The highest BCUT2D eigenvalue weighted by molar-refractivity contribution is 6.35. The maximum Gasteiger partial charge on any atom is 0.227 e. The smallest absolute Gasteiger partial charge is 0.227 e. The number of hydrogen-bond donors (Lipinski definition) is 1. The topological polar surface area (TPSA) is 41.1 Å². The van der Waals surface area contributed by atoms with Crippen LogP contribution < -0.4 is 10.2 Å². The quantitative estimate of drug-likeness (QED) is 0.907. The van der Waals surface area contributed by atoms with Crippen LogP contribution in [0, 0.1) is 6.92 Å². The molecule has 0 unspecified atom stereocenters. The van der Waals surface area contributed by atoms with Crippen LogP contribution in [0.4, 0.5) is 17.5 Å². The molecule has 3 rings (SSSR count). The first-order valence-electron chi connectivity index (χ1n) is 6.94. The lowest BCUT2D eigenvalue weighted by atomic mass is 10.3. The molecule has 1 aromatic carbocycles. The molecule has 0 aliphatic carbocycles. The predicted octanol–water partition coefficient (Wildman–Crippen LogP) is 4.44. The average Bonchev–Trinajstić information content (AvgIpc) is 2.90. The third-order valence-electron chi connectivity index (χ3n) is 3.37. The molecule has 1 N–H and O–H groups in total. The Morgan fingerprint density at radius 2 is 1.67 bits per heavy atom. The second-order valence-corrected chi connectivity index (χ2v) is 6.04. The van der Waals surface area contributed by atoms with Crippen LogP contribution in [0.25, 0.3) is 0 Å². The minimum Gasteiger partial charge on any atom is -0.341 e. The number of nitrogens with zero attached hydrogens (tertiary/aromatic N) is 3. The molecule has 1 saturated heterocycles. The SMILES string of the molecule is Cc1cc(Nc2cc(Cl)cc(Cl)c2)nc(N2CCCC2)n1. The number of nitrogens with one attached hydrogen (secondary N) is 1. The van der Waals surface area contributed by atoms with Gasteiger partial charge in [-0.25, -0.2) is 4.98 Å². The first kappa shape index (κ1) is 14.4. The van der Waals surface area contributed by atoms with Crippen molar-refractivity contribution in [3.05, 3.63) is 40.0 Å². The van der Waals surface area contributed by atoms with Crippen molar-refractivity contribution in [2.45, 2.75) is 19.8 Å². The number of aryl methyl sites for hydroxylation is 1. The van der Waals surface area contributed by atoms with Crippen LogP contribution in [0.3, 0.4) is 0 Å². The Labute approximate surface area is 134 Å². The number of halogens is 2. The van der Waals surface area contributed by atoms with Crippen molar-refractivity contribution in [1.29, 1.82) is 0 Å². The minimum absolute atomic E-state index is 0.593. The number of rotatable bonds is 3. The molecule has 0 spiro atoms. The van der Waals surface area contributed by atoms with Crippen LogP contribution in [0.15, 0.2) is 24.3 Å². The van der Waals surface area contributed by atoms with E-state index in [1.807, 2.05) is 25.1 Å². The predicted molar refractivity (Wildman–Crippen MR) is 88.0 cm³/mol. The van der Waals surface area contributed by atoms with E-state index < -0.39 is 0 Å². The van der Waals surface area contributed by atoms with E-state index >= 15 is 0 Å². The van der Waals surface area contributed by atoms with Gasteiger partial charge in [-0.1, -0.05) is 23.2 Å². The zero-order chi connectivity index (χ0) is 14.8. The third kappa shape index (κ3) is 3.57. The van der Waals surface area contributed by atoms with Crippen LogP contribution in [0.5, 0.6) is 0 Å². The van der Waals surface area contributed by atoms with E-state index in [4.69, 9.17) is 23.2 Å². The van der Waals surface area contributed by atoms with Crippen LogP contribution in [0.1, 0.15) is 18.5 Å². The molecule has 0 saturated carbocycles. The van der Waals surface area contributed by atoms with Crippen LogP contribution in [0.2, 0.25) is 10.0 Å². The lowest BCUT2D eigenvalue weighted by Gasteiger charge is -2.17. The Hall–Kier alpha value is -1.52. The van der Waals surface area contributed by atoms with Gasteiger partial charge in [0.15, 0.2) is 0 Å². The van der Waals surface area contributed by atoms with E-state index in [0.717, 1.165) is 36.2 Å². The maximum atomic E-state index is 6.02. The Morgan fingerprint density at radius 3 is 2.33 bits per heavy atom. The molecule has 1 fully saturated rings. The van der Waals surface area contributed by atoms with Gasteiger partial charge in [0.25, 0.3) is 0 Å². The third-order valence-corrected chi connectivity index (χ3v) is 3.80. The first-order valence-corrected chi connectivity index (χ1v) is 7.69. The van der Waals surface area contributed by atoms with E-state index in [2.05, 4.69) is 20.2 Å². The van der Waals surface area contributed by atoms with Crippen molar-refractivity contribution >= 4 is 40.7 Å². The van der Waals surface area contributed by atoms with Crippen molar-refractivity contribution in [2.75, 3.05) is 23.3 Å². The highest BCUT2D eigenvalue weighted by Crippen LogP contribution is 2.26. The van der Waals surface area contributed by atoms with Crippen molar-refractivity contribution < 1.29 is 0 Å². The standard InChI is InChI=1S/C15H16Cl2N4/c1-10-6-14(19-13-8-11(16)7-12(17)9-13)20-15(18-10)21-4-2-3-5-21/h6-9H,2-5H2,1H3,(H,18,19,20). The van der Waals surface area contributed by atoms with E-state index in [1.165, 1.54) is 12.8 Å². The summed E-state index contributed by atoms with van der Waals surface area (Å²) >= 11 is 12.0. The number of hydrogen-bond acceptors (Lipinski definition) is 4. The molecule has 0 amide bonds. The molecular weight excluding hydrogens is 307 g/mol. The molecule has 1 aliphatic heterocycles. The van der Waals surface area contributed by atoms with Crippen molar-refractivity contribution in [1.82, 2.24) is 9.97 Å². The maximum absolute atomic E-state index is 6.02. The fourth-order valence-corrected chi connectivity index (χ4v) is 2.98. The highest BCUT2D eigenvalue weighted by atomic mass is 35.5. The average molecular weight is 323 g/mol. The van der Waals surface area contributed by atoms with E-state index in [0.29, 0.717) is 10.0 Å². The summed E-state index contributed by atoms with van der Waals surface area (Å²) in [7, 11) is 0. The zero-order valence-corrected chi connectivity index (χ0v) is 13.2. The lowest BCUT2D eigenvalue weighted by molar-refractivity contribution is 0.891. The number of benzene rings is 1. The van der Waals surface area contributed by atoms with Gasteiger partial charge in [0.1, 0.15) is 5.82 Å². The summed E-state index contributed by atoms with van der Waals surface area (Å²) < 4.78 is 0. The second-order valence-electron chi connectivity index (χ2n) is 5.17. The summed E-state index contributed by atoms with van der Waals surface area (Å²) in [4.78, 5) is 11.3. The molecule has 110 valence electrons. The van der Waals surface area contributed by atoms with Gasteiger partial charge in [-0.2, -0.15) is 4.98 Å². The summed E-state index contributed by atoms with van der Waals surface area (Å²) in [6.07, 6.45) is 2.40. The summed E-state index contributed by atoms with van der Waals surface area (Å²) in [5.74, 6) is 1.53. The molecule has 1 aromatic heterocycles. The van der Waals surface area contributed by atoms with Gasteiger partial charge in [0.2, 0.25) is 5.95 Å². The molecule has 4 nitrogen and oxygen atoms in total. The van der Waals surface area contributed by atoms with E-state index in [1.54, 1.807) is 6.07 Å². The monoisotopic (exact) mass is 322 g/mol. The molecule has 21 heavy (non-hydrogen) atoms. The summed E-state index contributed by atoms with van der Waals surface area (Å²) in [6.45, 7) is 4.01. The van der Waals surface area contributed by atoms with Gasteiger partial charge >= 0.3 is 0 Å².